The van der Waals surface area contributed by atoms with Crippen molar-refractivity contribution in [1.29, 1.82) is 0 Å². The first kappa shape index (κ1) is 17.2. The van der Waals surface area contributed by atoms with Crippen molar-refractivity contribution in [2.45, 2.75) is 37.3 Å². The number of hydrogen-bond donors (Lipinski definition) is 1. The Morgan fingerprint density at radius 1 is 1.42 bits per heavy atom. The highest BCUT2D eigenvalue weighted by Crippen LogP contribution is 2.30. The van der Waals surface area contributed by atoms with Crippen molar-refractivity contribution in [1.82, 2.24) is 4.72 Å². The summed E-state index contributed by atoms with van der Waals surface area (Å²) in [7, 11) is -3.45. The summed E-state index contributed by atoms with van der Waals surface area (Å²) in [4.78, 5) is 0. The van der Waals surface area contributed by atoms with Gasteiger partial charge in [-0.1, -0.05) is 24.9 Å². The molecule has 19 heavy (non-hydrogen) atoms. The van der Waals surface area contributed by atoms with Crippen LogP contribution in [0.15, 0.2) is 10.3 Å². The Bertz CT molecular complexity index is 474. The van der Waals surface area contributed by atoms with Gasteiger partial charge in [-0.3, -0.25) is 0 Å². The normalized spacial score (nSPS) is 13.7. The maximum absolute atomic E-state index is 12.1. The van der Waals surface area contributed by atoms with Crippen LogP contribution in [0.3, 0.4) is 0 Å². The SMILES string of the molecule is CCCC(CCCl)CNS(=O)(=O)c1cc(C)c(Cl)s1. The Labute approximate surface area is 129 Å². The van der Waals surface area contributed by atoms with E-state index in [9.17, 15) is 8.42 Å². The van der Waals surface area contributed by atoms with Crippen molar-refractivity contribution in [3.8, 4) is 0 Å². The fraction of sp³-hybridized carbons (Fsp3) is 0.667. The van der Waals surface area contributed by atoms with E-state index >= 15 is 0 Å². The van der Waals surface area contributed by atoms with Crippen molar-refractivity contribution in [2.24, 2.45) is 5.92 Å². The lowest BCUT2D eigenvalue weighted by Gasteiger charge is -2.15. The van der Waals surface area contributed by atoms with Crippen LogP contribution < -0.4 is 4.72 Å². The van der Waals surface area contributed by atoms with Crippen LogP contribution in [0.1, 0.15) is 31.7 Å². The van der Waals surface area contributed by atoms with E-state index in [0.717, 1.165) is 36.2 Å². The molecule has 0 radical (unpaired) electrons. The van der Waals surface area contributed by atoms with Gasteiger partial charge < -0.3 is 0 Å². The highest BCUT2D eigenvalue weighted by atomic mass is 35.5. The highest BCUT2D eigenvalue weighted by Gasteiger charge is 2.19. The zero-order valence-corrected chi connectivity index (χ0v) is 14.2. The standard InChI is InChI=1S/C12H19Cl2NO2S2/c1-3-4-10(5-6-13)8-15-19(16,17)11-7-9(2)12(14)18-11/h7,10,15H,3-6,8H2,1-2H3. The molecule has 0 fully saturated rings. The number of sulfonamides is 1. The Balaban J connectivity index is 2.68. The number of hydrogen-bond acceptors (Lipinski definition) is 3. The number of nitrogens with one attached hydrogen (secondary N) is 1. The van der Waals surface area contributed by atoms with Gasteiger partial charge in [-0.05, 0) is 37.3 Å². The molecule has 1 aromatic rings. The van der Waals surface area contributed by atoms with Gasteiger partial charge in [-0.25, -0.2) is 13.1 Å². The monoisotopic (exact) mass is 343 g/mol. The van der Waals surface area contributed by atoms with Gasteiger partial charge in [0.15, 0.2) is 0 Å². The van der Waals surface area contributed by atoms with Crippen molar-refractivity contribution >= 4 is 44.6 Å². The van der Waals surface area contributed by atoms with Gasteiger partial charge in [0.25, 0.3) is 0 Å². The minimum absolute atomic E-state index is 0.274. The second kappa shape index (κ2) is 7.84. The first-order chi connectivity index (χ1) is 8.90. The van der Waals surface area contributed by atoms with Crippen LogP contribution >= 0.6 is 34.5 Å². The summed E-state index contributed by atoms with van der Waals surface area (Å²) in [6, 6.07) is 1.60. The minimum atomic E-state index is -3.45. The molecule has 1 rings (SSSR count). The number of alkyl halides is 1. The van der Waals surface area contributed by atoms with Gasteiger partial charge >= 0.3 is 0 Å². The maximum Gasteiger partial charge on any atom is 0.250 e. The van der Waals surface area contributed by atoms with E-state index in [4.69, 9.17) is 23.2 Å². The molecule has 0 amide bonds. The van der Waals surface area contributed by atoms with Gasteiger partial charge in [0, 0.05) is 12.4 Å². The second-order valence-corrected chi connectivity index (χ2v) is 8.53. The summed E-state index contributed by atoms with van der Waals surface area (Å²) in [6.45, 7) is 4.31. The molecular weight excluding hydrogens is 325 g/mol. The molecular formula is C12H19Cl2NO2S2. The van der Waals surface area contributed by atoms with Crippen LogP contribution in [-0.4, -0.2) is 20.8 Å². The molecule has 0 saturated carbocycles. The summed E-state index contributed by atoms with van der Waals surface area (Å²) in [6.07, 6.45) is 2.81. The molecule has 3 nitrogen and oxygen atoms in total. The zero-order valence-electron chi connectivity index (χ0n) is 11.1. The van der Waals surface area contributed by atoms with Crippen LogP contribution in [0.5, 0.6) is 0 Å². The third-order valence-corrected chi connectivity index (χ3v) is 6.55. The summed E-state index contributed by atoms with van der Waals surface area (Å²) >= 11 is 12.7. The molecule has 1 heterocycles. The van der Waals surface area contributed by atoms with Gasteiger partial charge in [-0.15, -0.1) is 22.9 Å². The van der Waals surface area contributed by atoms with E-state index in [1.165, 1.54) is 0 Å². The third kappa shape index (κ3) is 5.23. The molecule has 0 saturated heterocycles. The molecule has 0 bridgehead atoms. The van der Waals surface area contributed by atoms with E-state index in [-0.39, 0.29) is 10.1 Å². The van der Waals surface area contributed by atoms with Crippen LogP contribution in [0.25, 0.3) is 0 Å². The fourth-order valence-electron chi connectivity index (χ4n) is 1.77. The smallest absolute Gasteiger partial charge is 0.210 e. The van der Waals surface area contributed by atoms with Gasteiger partial charge in [0.2, 0.25) is 10.0 Å². The number of aryl methyl sites for hydroxylation is 1. The Morgan fingerprint density at radius 3 is 2.58 bits per heavy atom. The molecule has 1 aromatic heterocycles. The second-order valence-electron chi connectivity index (χ2n) is 4.51. The van der Waals surface area contributed by atoms with E-state index < -0.39 is 10.0 Å². The maximum atomic E-state index is 12.1. The summed E-state index contributed by atoms with van der Waals surface area (Å²) in [5.41, 5.74) is 0.790. The van der Waals surface area contributed by atoms with Crippen molar-refractivity contribution in [2.75, 3.05) is 12.4 Å². The van der Waals surface area contributed by atoms with Crippen LogP contribution in [0.2, 0.25) is 4.34 Å². The molecule has 1 N–H and O–H groups in total. The number of rotatable bonds is 8. The molecule has 110 valence electrons. The third-order valence-electron chi connectivity index (χ3n) is 2.88. The highest BCUT2D eigenvalue weighted by molar-refractivity contribution is 7.91. The minimum Gasteiger partial charge on any atom is -0.210 e. The number of thiophene rings is 1. The van der Waals surface area contributed by atoms with Gasteiger partial charge in [0.1, 0.15) is 4.21 Å². The Morgan fingerprint density at radius 2 is 2.11 bits per heavy atom. The summed E-state index contributed by atoms with van der Waals surface area (Å²) < 4.78 is 27.7. The molecule has 1 unspecified atom stereocenters. The van der Waals surface area contributed by atoms with Gasteiger partial charge in [0.05, 0.1) is 4.34 Å². The van der Waals surface area contributed by atoms with Crippen LogP contribution in [-0.2, 0) is 10.0 Å². The predicted molar refractivity (Wildman–Crippen MR) is 83.0 cm³/mol. The van der Waals surface area contributed by atoms with Crippen molar-refractivity contribution in [3.05, 3.63) is 16.0 Å². The molecule has 7 heteroatoms. The fourth-order valence-corrected chi connectivity index (χ4v) is 4.95. The largest absolute Gasteiger partial charge is 0.250 e. The lowest BCUT2D eigenvalue weighted by atomic mass is 10.0. The van der Waals surface area contributed by atoms with Gasteiger partial charge in [-0.2, -0.15) is 0 Å². The summed E-state index contributed by atoms with van der Waals surface area (Å²) in [5.74, 6) is 0.838. The summed E-state index contributed by atoms with van der Waals surface area (Å²) in [5, 5.41) is 0. The molecule has 0 spiro atoms. The lowest BCUT2D eigenvalue weighted by Crippen LogP contribution is -2.29. The molecule has 0 aliphatic heterocycles. The van der Waals surface area contributed by atoms with E-state index in [2.05, 4.69) is 11.6 Å². The quantitative estimate of drug-likeness (QED) is 0.724. The number of halogens is 2. The van der Waals surface area contributed by atoms with E-state index in [1.54, 1.807) is 13.0 Å². The first-order valence-electron chi connectivity index (χ1n) is 6.22. The predicted octanol–water partition coefficient (Wildman–Crippen LogP) is 4.03. The molecule has 0 aromatic carbocycles. The van der Waals surface area contributed by atoms with Crippen molar-refractivity contribution < 1.29 is 8.42 Å². The molecule has 0 aliphatic carbocycles. The lowest BCUT2D eigenvalue weighted by molar-refractivity contribution is 0.457. The average molecular weight is 344 g/mol. The zero-order chi connectivity index (χ0) is 14.5. The molecule has 0 aliphatic rings. The molecule has 1 atom stereocenters. The Kier molecular flexibility index (Phi) is 7.11. The van der Waals surface area contributed by atoms with Crippen LogP contribution in [0, 0.1) is 12.8 Å². The van der Waals surface area contributed by atoms with E-state index in [1.807, 2.05) is 0 Å². The topological polar surface area (TPSA) is 46.2 Å². The van der Waals surface area contributed by atoms with Crippen LogP contribution in [0.4, 0.5) is 0 Å². The first-order valence-corrected chi connectivity index (χ1v) is 9.43. The van der Waals surface area contributed by atoms with Crippen molar-refractivity contribution in [3.63, 3.8) is 0 Å². The van der Waals surface area contributed by atoms with E-state index in [0.29, 0.717) is 16.8 Å². The Hall–Kier alpha value is 0.190. The average Bonchev–Trinajstić information content (AvgIpc) is 2.68.